The van der Waals surface area contributed by atoms with E-state index in [0.29, 0.717) is 6.54 Å². The van der Waals surface area contributed by atoms with Gasteiger partial charge in [-0.3, -0.25) is 4.79 Å². The molecule has 0 spiro atoms. The first kappa shape index (κ1) is 14.6. The number of halogens is 1. The summed E-state index contributed by atoms with van der Waals surface area (Å²) in [6, 6.07) is 13.4. The van der Waals surface area contributed by atoms with E-state index in [1.165, 1.54) is 0 Å². The van der Waals surface area contributed by atoms with Gasteiger partial charge in [0.15, 0.2) is 5.78 Å². The monoisotopic (exact) mass is 333 g/mol. The number of rotatable bonds is 5. The summed E-state index contributed by atoms with van der Waals surface area (Å²) >= 11 is 3.47. The quantitative estimate of drug-likeness (QED) is 0.830. The molecule has 0 saturated carbocycles. The van der Waals surface area contributed by atoms with Gasteiger partial charge in [-0.1, -0.05) is 6.07 Å². The van der Waals surface area contributed by atoms with Gasteiger partial charge in [0.2, 0.25) is 0 Å². The molecule has 2 aromatic carbocycles. The lowest BCUT2D eigenvalue weighted by Gasteiger charge is -2.09. The highest BCUT2D eigenvalue weighted by molar-refractivity contribution is 9.10. The minimum absolute atomic E-state index is 0.0793. The number of carbonyl (C=O) groups excluding carboxylic acids is 1. The molecule has 0 saturated heterocycles. The molecule has 0 bridgehead atoms. The number of ether oxygens (including phenoxy) is 1. The summed E-state index contributed by atoms with van der Waals surface area (Å²) < 4.78 is 6.14. The maximum atomic E-state index is 11.2. The van der Waals surface area contributed by atoms with E-state index in [1.807, 2.05) is 42.5 Å². The van der Waals surface area contributed by atoms with Gasteiger partial charge < -0.3 is 10.1 Å². The first-order valence-electron chi connectivity index (χ1n) is 6.27. The average Bonchev–Trinajstić information content (AvgIpc) is 2.45. The topological polar surface area (TPSA) is 38.3 Å². The summed E-state index contributed by atoms with van der Waals surface area (Å²) in [5.41, 5.74) is 2.86. The van der Waals surface area contributed by atoms with Gasteiger partial charge in [0, 0.05) is 17.8 Å². The number of hydrogen-bond donors (Lipinski definition) is 1. The Morgan fingerprint density at radius 3 is 2.45 bits per heavy atom. The molecule has 0 atom stereocenters. The van der Waals surface area contributed by atoms with Gasteiger partial charge in [0.05, 0.1) is 11.6 Å². The Morgan fingerprint density at radius 1 is 1.20 bits per heavy atom. The van der Waals surface area contributed by atoms with Gasteiger partial charge in [0.25, 0.3) is 0 Å². The third kappa shape index (κ3) is 3.61. The zero-order valence-corrected chi connectivity index (χ0v) is 13.0. The molecule has 0 aliphatic carbocycles. The van der Waals surface area contributed by atoms with Crippen LogP contribution in [0.25, 0.3) is 0 Å². The molecule has 4 heteroatoms. The Morgan fingerprint density at radius 2 is 1.90 bits per heavy atom. The zero-order valence-electron chi connectivity index (χ0n) is 11.4. The third-order valence-electron chi connectivity index (χ3n) is 3.00. The number of methoxy groups -OCH3 is 1. The van der Waals surface area contributed by atoms with Crippen molar-refractivity contribution in [3.05, 3.63) is 58.1 Å². The van der Waals surface area contributed by atoms with Crippen molar-refractivity contribution in [2.75, 3.05) is 12.4 Å². The van der Waals surface area contributed by atoms with Crippen LogP contribution in [-0.2, 0) is 6.54 Å². The minimum Gasteiger partial charge on any atom is -0.496 e. The normalized spacial score (nSPS) is 10.2. The first-order valence-corrected chi connectivity index (χ1v) is 7.06. The van der Waals surface area contributed by atoms with Crippen molar-refractivity contribution in [1.29, 1.82) is 0 Å². The zero-order chi connectivity index (χ0) is 14.5. The van der Waals surface area contributed by atoms with Gasteiger partial charge in [-0.25, -0.2) is 0 Å². The Kier molecular flexibility index (Phi) is 4.79. The summed E-state index contributed by atoms with van der Waals surface area (Å²) in [5, 5.41) is 3.32. The van der Waals surface area contributed by atoms with Crippen LogP contribution in [0, 0.1) is 0 Å². The number of hydrogen-bond acceptors (Lipinski definition) is 3. The molecule has 0 aromatic heterocycles. The highest BCUT2D eigenvalue weighted by atomic mass is 79.9. The van der Waals surface area contributed by atoms with Crippen LogP contribution in [0.3, 0.4) is 0 Å². The van der Waals surface area contributed by atoms with Gasteiger partial charge in [-0.15, -0.1) is 0 Å². The second kappa shape index (κ2) is 6.57. The first-order chi connectivity index (χ1) is 9.60. The van der Waals surface area contributed by atoms with Crippen LogP contribution in [0.1, 0.15) is 22.8 Å². The van der Waals surface area contributed by atoms with Gasteiger partial charge >= 0.3 is 0 Å². The number of carbonyl (C=O) groups is 1. The standard InChI is InChI=1S/C16H16BrNO2/c1-11(19)13-4-6-14(7-5-13)18-10-12-3-8-16(20-2)15(17)9-12/h3-9,18H,10H2,1-2H3. The SMILES string of the molecule is COc1ccc(CNc2ccc(C(C)=O)cc2)cc1Br. The highest BCUT2D eigenvalue weighted by Crippen LogP contribution is 2.25. The number of benzene rings is 2. The lowest BCUT2D eigenvalue weighted by molar-refractivity contribution is 0.101. The van der Waals surface area contributed by atoms with E-state index in [-0.39, 0.29) is 5.78 Å². The van der Waals surface area contributed by atoms with Crippen molar-refractivity contribution in [2.24, 2.45) is 0 Å². The molecule has 0 aliphatic rings. The van der Waals surface area contributed by atoms with Crippen molar-refractivity contribution < 1.29 is 9.53 Å². The average molecular weight is 334 g/mol. The minimum atomic E-state index is 0.0793. The molecule has 2 rings (SSSR count). The fraction of sp³-hybridized carbons (Fsp3) is 0.188. The Labute approximate surface area is 127 Å². The molecule has 0 amide bonds. The van der Waals surface area contributed by atoms with Crippen molar-refractivity contribution in [1.82, 2.24) is 0 Å². The molecule has 0 unspecified atom stereocenters. The van der Waals surface area contributed by atoms with E-state index in [4.69, 9.17) is 4.74 Å². The lowest BCUT2D eigenvalue weighted by atomic mass is 10.1. The van der Waals surface area contributed by atoms with Gasteiger partial charge in [0.1, 0.15) is 5.75 Å². The van der Waals surface area contributed by atoms with Crippen molar-refractivity contribution in [2.45, 2.75) is 13.5 Å². The van der Waals surface area contributed by atoms with E-state index < -0.39 is 0 Å². The molecular formula is C16H16BrNO2. The molecule has 0 heterocycles. The number of nitrogens with one attached hydrogen (secondary N) is 1. The van der Waals surface area contributed by atoms with Crippen LogP contribution in [0.5, 0.6) is 5.75 Å². The summed E-state index contributed by atoms with van der Waals surface area (Å²) in [6.45, 7) is 2.28. The van der Waals surface area contributed by atoms with Crippen molar-refractivity contribution in [3.8, 4) is 5.75 Å². The van der Waals surface area contributed by atoms with E-state index in [0.717, 1.165) is 27.0 Å². The van der Waals surface area contributed by atoms with Crippen LogP contribution in [0.2, 0.25) is 0 Å². The Balaban J connectivity index is 2.01. The van der Waals surface area contributed by atoms with Crippen LogP contribution in [0.15, 0.2) is 46.9 Å². The van der Waals surface area contributed by atoms with Crippen LogP contribution < -0.4 is 10.1 Å². The molecule has 104 valence electrons. The van der Waals surface area contributed by atoms with Crippen molar-refractivity contribution >= 4 is 27.4 Å². The van der Waals surface area contributed by atoms with Crippen LogP contribution >= 0.6 is 15.9 Å². The molecule has 2 aromatic rings. The van der Waals surface area contributed by atoms with Crippen molar-refractivity contribution in [3.63, 3.8) is 0 Å². The smallest absolute Gasteiger partial charge is 0.159 e. The number of ketones is 1. The highest BCUT2D eigenvalue weighted by Gasteiger charge is 2.02. The predicted octanol–water partition coefficient (Wildman–Crippen LogP) is 4.27. The fourth-order valence-corrected chi connectivity index (χ4v) is 2.43. The molecule has 20 heavy (non-hydrogen) atoms. The largest absolute Gasteiger partial charge is 0.496 e. The summed E-state index contributed by atoms with van der Waals surface area (Å²) in [7, 11) is 1.65. The van der Waals surface area contributed by atoms with E-state index in [9.17, 15) is 4.79 Å². The predicted molar refractivity (Wildman–Crippen MR) is 84.5 cm³/mol. The summed E-state index contributed by atoms with van der Waals surface area (Å²) in [6.07, 6.45) is 0. The molecule has 1 N–H and O–H groups in total. The molecule has 0 radical (unpaired) electrons. The summed E-state index contributed by atoms with van der Waals surface area (Å²) in [4.78, 5) is 11.2. The Bertz CT molecular complexity index is 608. The fourth-order valence-electron chi connectivity index (χ4n) is 1.85. The molecule has 3 nitrogen and oxygen atoms in total. The van der Waals surface area contributed by atoms with E-state index in [1.54, 1.807) is 14.0 Å². The van der Waals surface area contributed by atoms with E-state index >= 15 is 0 Å². The molecular weight excluding hydrogens is 318 g/mol. The van der Waals surface area contributed by atoms with Gasteiger partial charge in [-0.2, -0.15) is 0 Å². The maximum Gasteiger partial charge on any atom is 0.159 e. The van der Waals surface area contributed by atoms with E-state index in [2.05, 4.69) is 21.2 Å². The number of anilines is 1. The third-order valence-corrected chi connectivity index (χ3v) is 3.62. The van der Waals surface area contributed by atoms with Gasteiger partial charge in [-0.05, 0) is 64.8 Å². The Hall–Kier alpha value is -1.81. The van der Waals surface area contributed by atoms with Crippen LogP contribution in [0.4, 0.5) is 5.69 Å². The second-order valence-electron chi connectivity index (χ2n) is 4.46. The summed E-state index contributed by atoms with van der Waals surface area (Å²) in [5.74, 6) is 0.898. The maximum absolute atomic E-state index is 11.2. The molecule has 0 fully saturated rings. The van der Waals surface area contributed by atoms with Crippen LogP contribution in [-0.4, -0.2) is 12.9 Å². The second-order valence-corrected chi connectivity index (χ2v) is 5.31. The lowest BCUT2D eigenvalue weighted by Crippen LogP contribution is -2.00. The molecule has 0 aliphatic heterocycles. The number of Topliss-reactive ketones (excluding diaryl/α,β-unsaturated/α-hetero) is 1.